The highest BCUT2D eigenvalue weighted by Gasteiger charge is 2.30. The van der Waals surface area contributed by atoms with Gasteiger partial charge in [0, 0.05) is 29.0 Å². The third-order valence-electron chi connectivity index (χ3n) is 4.37. The molecule has 24 heavy (non-hydrogen) atoms. The summed E-state index contributed by atoms with van der Waals surface area (Å²) in [6.07, 6.45) is 1.45. The molecule has 2 atom stereocenters. The van der Waals surface area contributed by atoms with Crippen molar-refractivity contribution < 1.29 is 13.6 Å². The smallest absolute Gasteiger partial charge is 0.225 e. The monoisotopic (exact) mass is 348 g/mol. The summed E-state index contributed by atoms with van der Waals surface area (Å²) >= 11 is 4.22. The van der Waals surface area contributed by atoms with Gasteiger partial charge in [-0.3, -0.25) is 4.79 Å². The van der Waals surface area contributed by atoms with Gasteiger partial charge in [0.2, 0.25) is 5.91 Å². The van der Waals surface area contributed by atoms with E-state index in [0.29, 0.717) is 24.1 Å². The molecule has 0 saturated heterocycles. The van der Waals surface area contributed by atoms with Crippen LogP contribution in [0.2, 0.25) is 0 Å². The molecule has 3 nitrogen and oxygen atoms in total. The number of nitrogens with one attached hydrogen (secondary N) is 1. The molecule has 6 heteroatoms. The van der Waals surface area contributed by atoms with E-state index in [9.17, 15) is 13.6 Å². The Morgan fingerprint density at radius 3 is 2.79 bits per heavy atom. The fourth-order valence-corrected chi connectivity index (χ4v) is 3.45. The second kappa shape index (κ2) is 6.91. The molecule has 0 saturated carbocycles. The van der Waals surface area contributed by atoms with Gasteiger partial charge in [0.15, 0.2) is 11.6 Å². The Labute approximate surface area is 144 Å². The number of anilines is 1. The lowest BCUT2D eigenvalue weighted by atomic mass is 9.91. The highest BCUT2D eigenvalue weighted by molar-refractivity contribution is 7.80. The van der Waals surface area contributed by atoms with Gasteiger partial charge in [0.1, 0.15) is 0 Å². The molecule has 1 aliphatic rings. The highest BCUT2D eigenvalue weighted by Crippen LogP contribution is 2.37. The number of thiol groups is 1. The van der Waals surface area contributed by atoms with Gasteiger partial charge in [0.05, 0.1) is 0 Å². The summed E-state index contributed by atoms with van der Waals surface area (Å²) in [5.41, 5.74) is 8.32. The van der Waals surface area contributed by atoms with Gasteiger partial charge in [-0.2, -0.15) is 0 Å². The normalized spacial score (nSPS) is 17.4. The molecule has 126 valence electrons. The van der Waals surface area contributed by atoms with Gasteiger partial charge in [-0.05, 0) is 54.3 Å². The van der Waals surface area contributed by atoms with Crippen LogP contribution in [0.5, 0.6) is 0 Å². The SMILES string of the molecule is NC(CC(=O)Nc1cccc(S)c1)C1CCc2cc(F)c(F)cc21. The molecule has 0 spiro atoms. The summed E-state index contributed by atoms with van der Waals surface area (Å²) in [6, 6.07) is 9.12. The van der Waals surface area contributed by atoms with Crippen molar-refractivity contribution >= 4 is 24.2 Å². The van der Waals surface area contributed by atoms with E-state index in [1.165, 1.54) is 12.1 Å². The molecule has 0 bridgehead atoms. The Morgan fingerprint density at radius 1 is 1.29 bits per heavy atom. The number of amides is 1. The van der Waals surface area contributed by atoms with E-state index in [1.807, 2.05) is 6.07 Å². The number of benzene rings is 2. The van der Waals surface area contributed by atoms with Gasteiger partial charge in [-0.25, -0.2) is 8.78 Å². The van der Waals surface area contributed by atoms with Gasteiger partial charge in [0.25, 0.3) is 0 Å². The number of aryl methyl sites for hydroxylation is 1. The van der Waals surface area contributed by atoms with Gasteiger partial charge < -0.3 is 11.1 Å². The third-order valence-corrected chi connectivity index (χ3v) is 4.65. The van der Waals surface area contributed by atoms with Gasteiger partial charge in [-0.1, -0.05) is 6.07 Å². The van der Waals surface area contributed by atoms with Crippen molar-refractivity contribution in [3.8, 4) is 0 Å². The Kier molecular flexibility index (Phi) is 4.87. The van der Waals surface area contributed by atoms with Crippen molar-refractivity contribution in [2.24, 2.45) is 5.73 Å². The molecule has 2 aromatic rings. The van der Waals surface area contributed by atoms with Crippen LogP contribution in [0.4, 0.5) is 14.5 Å². The first-order valence-corrected chi connectivity index (χ1v) is 8.21. The number of rotatable bonds is 4. The molecular weight excluding hydrogens is 330 g/mol. The molecule has 0 radical (unpaired) electrons. The Balaban J connectivity index is 1.67. The van der Waals surface area contributed by atoms with E-state index in [-0.39, 0.29) is 18.2 Å². The summed E-state index contributed by atoms with van der Waals surface area (Å²) in [5.74, 6) is -2.07. The van der Waals surface area contributed by atoms with Crippen molar-refractivity contribution in [2.75, 3.05) is 5.32 Å². The van der Waals surface area contributed by atoms with E-state index in [2.05, 4.69) is 17.9 Å². The number of carbonyl (C=O) groups is 1. The maximum absolute atomic E-state index is 13.5. The third kappa shape index (κ3) is 3.60. The first kappa shape index (κ1) is 16.9. The Bertz CT molecular complexity index is 782. The minimum absolute atomic E-state index is 0.111. The predicted octanol–water partition coefficient (Wildman–Crippen LogP) is 3.64. The minimum Gasteiger partial charge on any atom is -0.327 e. The lowest BCUT2D eigenvalue weighted by Gasteiger charge is -2.20. The number of hydrogen-bond donors (Lipinski definition) is 3. The molecule has 0 aromatic heterocycles. The zero-order valence-electron chi connectivity index (χ0n) is 12.9. The second-order valence-corrected chi connectivity index (χ2v) is 6.59. The molecule has 0 heterocycles. The first-order chi connectivity index (χ1) is 11.4. The fraction of sp³-hybridized carbons (Fsp3) is 0.278. The molecule has 0 fully saturated rings. The van der Waals surface area contributed by atoms with Crippen molar-refractivity contribution in [1.82, 2.24) is 0 Å². The van der Waals surface area contributed by atoms with Crippen molar-refractivity contribution in [3.05, 3.63) is 59.2 Å². The number of nitrogens with two attached hydrogens (primary N) is 1. The molecule has 0 aliphatic heterocycles. The second-order valence-electron chi connectivity index (χ2n) is 6.08. The number of fused-ring (bicyclic) bond motifs is 1. The average molecular weight is 348 g/mol. The lowest BCUT2D eigenvalue weighted by molar-refractivity contribution is -0.116. The minimum atomic E-state index is -0.872. The molecule has 3 N–H and O–H groups in total. The summed E-state index contributed by atoms with van der Waals surface area (Å²) < 4.78 is 26.8. The van der Waals surface area contributed by atoms with Crippen molar-refractivity contribution in [1.29, 1.82) is 0 Å². The van der Waals surface area contributed by atoms with Gasteiger partial charge in [-0.15, -0.1) is 12.6 Å². The lowest BCUT2D eigenvalue weighted by Crippen LogP contribution is -2.32. The Morgan fingerprint density at radius 2 is 2.04 bits per heavy atom. The average Bonchev–Trinajstić information content (AvgIpc) is 2.90. The van der Waals surface area contributed by atoms with E-state index in [4.69, 9.17) is 5.73 Å². The zero-order valence-corrected chi connectivity index (χ0v) is 13.8. The summed E-state index contributed by atoms with van der Waals surface area (Å²) in [6.45, 7) is 0. The van der Waals surface area contributed by atoms with Crippen LogP contribution in [0.25, 0.3) is 0 Å². The molecule has 1 aliphatic carbocycles. The number of hydrogen-bond acceptors (Lipinski definition) is 3. The van der Waals surface area contributed by atoms with Crippen LogP contribution < -0.4 is 11.1 Å². The maximum atomic E-state index is 13.5. The van der Waals surface area contributed by atoms with Crippen LogP contribution in [0.3, 0.4) is 0 Å². The predicted molar refractivity (Wildman–Crippen MR) is 92.3 cm³/mol. The first-order valence-electron chi connectivity index (χ1n) is 7.76. The van der Waals surface area contributed by atoms with Crippen molar-refractivity contribution in [3.63, 3.8) is 0 Å². The fourth-order valence-electron chi connectivity index (χ4n) is 3.23. The number of halogens is 2. The molecule has 1 amide bonds. The summed E-state index contributed by atoms with van der Waals surface area (Å²) in [7, 11) is 0. The van der Waals surface area contributed by atoms with Crippen molar-refractivity contribution in [2.45, 2.75) is 36.1 Å². The summed E-state index contributed by atoms with van der Waals surface area (Å²) in [5, 5.41) is 2.78. The standard InChI is InChI=1S/C18H18F2N2OS/c19-15-6-10-4-5-13(14(10)8-16(15)20)17(21)9-18(23)22-11-2-1-3-12(24)7-11/h1-3,6-8,13,17,24H,4-5,9,21H2,(H,22,23). The van der Waals surface area contributed by atoms with Crippen LogP contribution >= 0.6 is 12.6 Å². The van der Waals surface area contributed by atoms with Crippen LogP contribution in [-0.4, -0.2) is 11.9 Å². The molecule has 3 rings (SSSR count). The van der Waals surface area contributed by atoms with Crippen LogP contribution in [0.15, 0.2) is 41.3 Å². The van der Waals surface area contributed by atoms with E-state index in [1.54, 1.807) is 18.2 Å². The quantitative estimate of drug-likeness (QED) is 0.739. The molecule has 2 aromatic carbocycles. The van der Waals surface area contributed by atoms with Crippen LogP contribution in [0.1, 0.15) is 29.9 Å². The molecular formula is C18H18F2N2OS. The highest BCUT2D eigenvalue weighted by atomic mass is 32.1. The number of carbonyl (C=O) groups excluding carboxylic acids is 1. The topological polar surface area (TPSA) is 55.1 Å². The van der Waals surface area contributed by atoms with Gasteiger partial charge >= 0.3 is 0 Å². The van der Waals surface area contributed by atoms with E-state index >= 15 is 0 Å². The van der Waals surface area contributed by atoms with Crippen LogP contribution in [0, 0.1) is 11.6 Å². The largest absolute Gasteiger partial charge is 0.327 e. The zero-order chi connectivity index (χ0) is 17.3. The maximum Gasteiger partial charge on any atom is 0.225 e. The van der Waals surface area contributed by atoms with Crippen LogP contribution in [-0.2, 0) is 11.2 Å². The Hall–Kier alpha value is -1.92. The summed E-state index contributed by atoms with van der Waals surface area (Å²) in [4.78, 5) is 12.9. The van der Waals surface area contributed by atoms with E-state index in [0.717, 1.165) is 10.5 Å². The van der Waals surface area contributed by atoms with E-state index < -0.39 is 17.7 Å². The molecule has 2 unspecified atom stereocenters.